The number of methoxy groups -OCH3 is 2. The number of carbonyl (C=O) groups excluding carboxylic acids is 3. The Hall–Kier alpha value is -3.39. The van der Waals surface area contributed by atoms with Crippen LogP contribution < -0.4 is 9.64 Å². The Bertz CT molecular complexity index is 1110. The average molecular weight is 494 g/mol. The normalized spacial score (nSPS) is 20.2. The molecule has 0 unspecified atom stereocenters. The van der Waals surface area contributed by atoms with Crippen molar-refractivity contribution in [3.05, 3.63) is 59.7 Å². The first kappa shape index (κ1) is 25.7. The molecule has 0 N–H and O–H groups in total. The Labute approximate surface area is 212 Å². The monoisotopic (exact) mass is 493 g/mol. The lowest BCUT2D eigenvalue weighted by Crippen LogP contribution is -2.51. The minimum atomic E-state index is -1.28. The number of hydrogen-bond acceptors (Lipinski definition) is 6. The van der Waals surface area contributed by atoms with Crippen LogP contribution in [0.3, 0.4) is 0 Å². The third-order valence-electron chi connectivity index (χ3n) is 7.30. The van der Waals surface area contributed by atoms with Gasteiger partial charge in [-0.1, -0.05) is 36.4 Å². The van der Waals surface area contributed by atoms with E-state index in [-0.39, 0.29) is 37.1 Å². The van der Waals surface area contributed by atoms with E-state index in [1.54, 1.807) is 19.2 Å². The highest BCUT2D eigenvalue weighted by atomic mass is 16.5. The van der Waals surface area contributed by atoms with Gasteiger partial charge in [0.2, 0.25) is 17.7 Å². The predicted octanol–water partition coefficient (Wildman–Crippen LogP) is 2.78. The molecule has 2 heterocycles. The van der Waals surface area contributed by atoms with Crippen LogP contribution in [0.2, 0.25) is 0 Å². The van der Waals surface area contributed by atoms with Crippen molar-refractivity contribution in [2.24, 2.45) is 0 Å². The van der Waals surface area contributed by atoms with Crippen LogP contribution in [0.25, 0.3) is 0 Å². The van der Waals surface area contributed by atoms with Crippen LogP contribution in [0.15, 0.2) is 48.5 Å². The van der Waals surface area contributed by atoms with Gasteiger partial charge in [0.15, 0.2) is 0 Å². The quantitative estimate of drug-likeness (QED) is 0.395. The van der Waals surface area contributed by atoms with Gasteiger partial charge >= 0.3 is 0 Å². The lowest BCUT2D eigenvalue weighted by Gasteiger charge is -2.38. The zero-order valence-electron chi connectivity index (χ0n) is 21.4. The maximum atomic E-state index is 13.8. The second-order valence-corrected chi connectivity index (χ2v) is 9.49. The van der Waals surface area contributed by atoms with Gasteiger partial charge < -0.3 is 19.3 Å². The SMILES string of the molecule is COCCCN1C(=O)C[C@@](CC(=O)N2CCN(c3ccccc3C)CC2)(c2ccccc2OC)C1=O. The van der Waals surface area contributed by atoms with Gasteiger partial charge in [-0.05, 0) is 31.0 Å². The molecular weight excluding hydrogens is 458 g/mol. The van der Waals surface area contributed by atoms with E-state index < -0.39 is 5.41 Å². The van der Waals surface area contributed by atoms with Gasteiger partial charge in [-0.25, -0.2) is 0 Å². The van der Waals surface area contributed by atoms with Gasteiger partial charge in [-0.3, -0.25) is 19.3 Å². The van der Waals surface area contributed by atoms with Crippen molar-refractivity contribution in [3.8, 4) is 5.75 Å². The summed E-state index contributed by atoms with van der Waals surface area (Å²) in [6.07, 6.45) is 0.433. The Balaban J connectivity index is 1.56. The Morgan fingerprint density at radius 1 is 0.972 bits per heavy atom. The van der Waals surface area contributed by atoms with Gasteiger partial charge in [0.05, 0.1) is 12.5 Å². The number of hydrogen-bond donors (Lipinski definition) is 0. The lowest BCUT2D eigenvalue weighted by atomic mass is 9.75. The molecule has 2 aromatic rings. The van der Waals surface area contributed by atoms with Crippen LogP contribution in [0.5, 0.6) is 5.75 Å². The summed E-state index contributed by atoms with van der Waals surface area (Å²) in [6.45, 7) is 5.37. The number of anilines is 1. The predicted molar refractivity (Wildman–Crippen MR) is 137 cm³/mol. The fourth-order valence-corrected chi connectivity index (χ4v) is 5.36. The summed E-state index contributed by atoms with van der Waals surface area (Å²) in [5.41, 5.74) is 1.70. The van der Waals surface area contributed by atoms with Gasteiger partial charge in [0.25, 0.3) is 0 Å². The highest BCUT2D eigenvalue weighted by Crippen LogP contribution is 2.44. The molecule has 0 spiro atoms. The first-order chi connectivity index (χ1) is 17.4. The second-order valence-electron chi connectivity index (χ2n) is 9.49. The summed E-state index contributed by atoms with van der Waals surface area (Å²) >= 11 is 0. The molecule has 8 nitrogen and oxygen atoms in total. The fraction of sp³-hybridized carbons (Fsp3) is 0.464. The van der Waals surface area contributed by atoms with E-state index in [1.165, 1.54) is 23.3 Å². The molecular formula is C28H35N3O5. The number of aryl methyl sites for hydroxylation is 1. The van der Waals surface area contributed by atoms with E-state index in [9.17, 15) is 14.4 Å². The molecule has 0 radical (unpaired) electrons. The molecule has 2 saturated heterocycles. The first-order valence-corrected chi connectivity index (χ1v) is 12.5. The number of likely N-dealkylation sites (tertiary alicyclic amines) is 1. The lowest BCUT2D eigenvalue weighted by molar-refractivity contribution is -0.143. The van der Waals surface area contributed by atoms with Gasteiger partial charge in [-0.15, -0.1) is 0 Å². The summed E-state index contributed by atoms with van der Waals surface area (Å²) in [4.78, 5) is 45.9. The Morgan fingerprint density at radius 2 is 1.67 bits per heavy atom. The molecule has 36 heavy (non-hydrogen) atoms. The van der Waals surface area contributed by atoms with Gasteiger partial charge in [0.1, 0.15) is 5.75 Å². The van der Waals surface area contributed by atoms with Crippen LogP contribution >= 0.6 is 0 Å². The fourth-order valence-electron chi connectivity index (χ4n) is 5.36. The average Bonchev–Trinajstić information content (AvgIpc) is 3.14. The summed E-state index contributed by atoms with van der Waals surface area (Å²) in [5, 5.41) is 0. The number of piperazine rings is 1. The highest BCUT2D eigenvalue weighted by molar-refractivity contribution is 6.11. The third-order valence-corrected chi connectivity index (χ3v) is 7.30. The Morgan fingerprint density at radius 3 is 2.36 bits per heavy atom. The number of para-hydroxylation sites is 2. The van der Waals surface area contributed by atoms with Crippen molar-refractivity contribution >= 4 is 23.4 Å². The van der Waals surface area contributed by atoms with E-state index in [4.69, 9.17) is 9.47 Å². The molecule has 2 aliphatic heterocycles. The smallest absolute Gasteiger partial charge is 0.241 e. The van der Waals surface area contributed by atoms with Crippen molar-refractivity contribution in [1.82, 2.24) is 9.80 Å². The summed E-state index contributed by atoms with van der Waals surface area (Å²) < 4.78 is 10.7. The molecule has 192 valence electrons. The highest BCUT2D eigenvalue weighted by Gasteiger charge is 2.55. The standard InChI is InChI=1S/C28H35N3O5/c1-21-9-4-6-11-23(21)29-14-16-30(17-15-29)25(32)19-28(22-10-5-7-12-24(22)36-3)20-26(33)31(27(28)34)13-8-18-35-2/h4-7,9-12H,8,13-20H2,1-3H3/t28-/m0/s1. The van der Waals surface area contributed by atoms with E-state index in [0.717, 1.165) is 0 Å². The molecule has 4 rings (SSSR count). The van der Waals surface area contributed by atoms with Crippen molar-refractivity contribution in [1.29, 1.82) is 0 Å². The van der Waals surface area contributed by atoms with Crippen LogP contribution in [-0.4, -0.2) is 81.1 Å². The van der Waals surface area contributed by atoms with Crippen molar-refractivity contribution < 1.29 is 23.9 Å². The molecule has 3 amide bonds. The molecule has 8 heteroatoms. The molecule has 0 aliphatic carbocycles. The third kappa shape index (κ3) is 4.95. The van der Waals surface area contributed by atoms with E-state index >= 15 is 0 Å². The van der Waals surface area contributed by atoms with E-state index in [1.807, 2.05) is 29.2 Å². The maximum absolute atomic E-state index is 13.8. The molecule has 0 bridgehead atoms. The van der Waals surface area contributed by atoms with Crippen LogP contribution in [0.1, 0.15) is 30.4 Å². The largest absolute Gasteiger partial charge is 0.496 e. The van der Waals surface area contributed by atoms with Crippen LogP contribution in [0, 0.1) is 6.92 Å². The number of rotatable bonds is 9. The van der Waals surface area contributed by atoms with Crippen LogP contribution in [-0.2, 0) is 24.5 Å². The number of benzene rings is 2. The number of ether oxygens (including phenoxy) is 2. The number of nitrogens with zero attached hydrogens (tertiary/aromatic N) is 3. The molecule has 2 fully saturated rings. The summed E-state index contributed by atoms with van der Waals surface area (Å²) in [7, 11) is 3.13. The molecule has 0 aromatic heterocycles. The maximum Gasteiger partial charge on any atom is 0.241 e. The summed E-state index contributed by atoms with van der Waals surface area (Å²) in [5.74, 6) is -0.209. The minimum Gasteiger partial charge on any atom is -0.496 e. The zero-order valence-corrected chi connectivity index (χ0v) is 21.4. The van der Waals surface area contributed by atoms with Crippen molar-refractivity contribution in [2.75, 3.05) is 58.5 Å². The van der Waals surface area contributed by atoms with Crippen molar-refractivity contribution in [2.45, 2.75) is 31.6 Å². The zero-order chi connectivity index (χ0) is 25.7. The molecule has 0 saturated carbocycles. The molecule has 2 aromatic carbocycles. The first-order valence-electron chi connectivity index (χ1n) is 12.5. The molecule has 1 atom stereocenters. The van der Waals surface area contributed by atoms with Gasteiger partial charge in [0, 0.05) is 70.5 Å². The number of carbonyl (C=O) groups is 3. The minimum absolute atomic E-state index is 0.0475. The van der Waals surface area contributed by atoms with E-state index in [2.05, 4.69) is 24.0 Å². The Kier molecular flexibility index (Phi) is 7.94. The van der Waals surface area contributed by atoms with Crippen molar-refractivity contribution in [3.63, 3.8) is 0 Å². The summed E-state index contributed by atoms with van der Waals surface area (Å²) in [6, 6.07) is 15.4. The number of amides is 3. The van der Waals surface area contributed by atoms with E-state index in [0.29, 0.717) is 50.5 Å². The second kappa shape index (κ2) is 11.1. The topological polar surface area (TPSA) is 79.4 Å². The molecule has 2 aliphatic rings. The number of imide groups is 1. The van der Waals surface area contributed by atoms with Crippen LogP contribution in [0.4, 0.5) is 5.69 Å². The van der Waals surface area contributed by atoms with Gasteiger partial charge in [-0.2, -0.15) is 0 Å².